The molecule has 0 aliphatic carbocycles. The third-order valence-corrected chi connectivity index (χ3v) is 1.69. The van der Waals surface area contributed by atoms with Crippen molar-refractivity contribution in [1.82, 2.24) is 19.8 Å². The van der Waals surface area contributed by atoms with Crippen molar-refractivity contribution in [2.75, 3.05) is 0 Å². The molecule has 0 unspecified atom stereocenters. The Bertz CT molecular complexity index is 473. The second-order valence-electron chi connectivity index (χ2n) is 2.78. The Morgan fingerprint density at radius 1 is 1.36 bits per heavy atom. The fraction of sp³-hybridized carbons (Fsp3) is 0.286. The molecule has 0 saturated carbocycles. The SMILES string of the molecule is Cc1cc(C(F)(F)F)n2nncc2n1. The maximum absolute atomic E-state index is 12.5. The van der Waals surface area contributed by atoms with Crippen molar-refractivity contribution in [2.45, 2.75) is 13.1 Å². The van der Waals surface area contributed by atoms with E-state index in [2.05, 4.69) is 15.3 Å². The Kier molecular flexibility index (Phi) is 1.70. The van der Waals surface area contributed by atoms with E-state index in [-0.39, 0.29) is 11.3 Å². The molecule has 0 saturated heterocycles. The van der Waals surface area contributed by atoms with E-state index in [0.717, 1.165) is 6.07 Å². The predicted octanol–water partition coefficient (Wildman–Crippen LogP) is 1.45. The van der Waals surface area contributed by atoms with Crippen LogP contribution in [0.1, 0.15) is 11.4 Å². The van der Waals surface area contributed by atoms with Gasteiger partial charge in [0.1, 0.15) is 0 Å². The standard InChI is InChI=1S/C7H5F3N4/c1-4-2-5(7(8,9)10)14-6(12-4)3-11-13-14/h2-3H,1H3. The molecule has 74 valence electrons. The topological polar surface area (TPSA) is 43.1 Å². The van der Waals surface area contributed by atoms with Gasteiger partial charge in [0, 0.05) is 5.69 Å². The summed E-state index contributed by atoms with van der Waals surface area (Å²) in [5.74, 6) is 0. The number of aryl methyl sites for hydroxylation is 1. The van der Waals surface area contributed by atoms with Crippen LogP contribution in [0.2, 0.25) is 0 Å². The van der Waals surface area contributed by atoms with Crippen LogP contribution in [0.3, 0.4) is 0 Å². The maximum Gasteiger partial charge on any atom is 0.433 e. The minimum Gasteiger partial charge on any atom is -0.232 e. The van der Waals surface area contributed by atoms with Crippen molar-refractivity contribution in [3.63, 3.8) is 0 Å². The van der Waals surface area contributed by atoms with Gasteiger partial charge in [-0.1, -0.05) is 5.21 Å². The number of hydrogen-bond donors (Lipinski definition) is 0. The summed E-state index contributed by atoms with van der Waals surface area (Å²) in [7, 11) is 0. The molecule has 0 amide bonds. The molecular weight excluding hydrogens is 197 g/mol. The molecule has 0 aromatic carbocycles. The lowest BCUT2D eigenvalue weighted by molar-refractivity contribution is -0.142. The van der Waals surface area contributed by atoms with E-state index >= 15 is 0 Å². The van der Waals surface area contributed by atoms with E-state index in [0.29, 0.717) is 4.52 Å². The van der Waals surface area contributed by atoms with Crippen LogP contribution in [-0.2, 0) is 6.18 Å². The lowest BCUT2D eigenvalue weighted by Gasteiger charge is -2.08. The molecule has 14 heavy (non-hydrogen) atoms. The van der Waals surface area contributed by atoms with E-state index in [1.807, 2.05) is 0 Å². The average molecular weight is 202 g/mol. The molecule has 0 aliphatic heterocycles. The second kappa shape index (κ2) is 2.66. The molecule has 0 radical (unpaired) electrons. The van der Waals surface area contributed by atoms with Crippen molar-refractivity contribution in [2.24, 2.45) is 0 Å². The number of aromatic nitrogens is 4. The lowest BCUT2D eigenvalue weighted by Crippen LogP contribution is -2.13. The Morgan fingerprint density at radius 2 is 2.07 bits per heavy atom. The highest BCUT2D eigenvalue weighted by Crippen LogP contribution is 2.29. The fourth-order valence-corrected chi connectivity index (χ4v) is 1.15. The highest BCUT2D eigenvalue weighted by molar-refractivity contribution is 5.36. The number of fused-ring (bicyclic) bond motifs is 1. The van der Waals surface area contributed by atoms with Gasteiger partial charge in [-0.3, -0.25) is 0 Å². The van der Waals surface area contributed by atoms with Gasteiger partial charge in [0.15, 0.2) is 11.3 Å². The number of nitrogens with zero attached hydrogens (tertiary/aromatic N) is 4. The fourth-order valence-electron chi connectivity index (χ4n) is 1.15. The number of alkyl halides is 3. The summed E-state index contributed by atoms with van der Waals surface area (Å²) in [6.45, 7) is 1.49. The van der Waals surface area contributed by atoms with Gasteiger partial charge in [0.05, 0.1) is 6.20 Å². The van der Waals surface area contributed by atoms with Gasteiger partial charge in [0.25, 0.3) is 0 Å². The molecule has 0 spiro atoms. The number of hydrogen-bond acceptors (Lipinski definition) is 3. The van der Waals surface area contributed by atoms with Gasteiger partial charge < -0.3 is 0 Å². The predicted molar refractivity (Wildman–Crippen MR) is 40.5 cm³/mol. The molecule has 2 heterocycles. The quantitative estimate of drug-likeness (QED) is 0.649. The molecule has 0 aliphatic rings. The summed E-state index contributed by atoms with van der Waals surface area (Å²) in [4.78, 5) is 3.85. The zero-order chi connectivity index (χ0) is 10.3. The number of halogens is 3. The van der Waals surface area contributed by atoms with Crippen LogP contribution in [0.4, 0.5) is 13.2 Å². The highest BCUT2D eigenvalue weighted by Gasteiger charge is 2.34. The first kappa shape index (κ1) is 8.92. The van der Waals surface area contributed by atoms with Crippen molar-refractivity contribution in [3.8, 4) is 0 Å². The van der Waals surface area contributed by atoms with Crippen LogP contribution < -0.4 is 0 Å². The van der Waals surface area contributed by atoms with Gasteiger partial charge in [0.2, 0.25) is 0 Å². The molecule has 2 rings (SSSR count). The summed E-state index contributed by atoms with van der Waals surface area (Å²) < 4.78 is 38.1. The van der Waals surface area contributed by atoms with Crippen LogP contribution in [0.5, 0.6) is 0 Å². The van der Waals surface area contributed by atoms with Crippen molar-refractivity contribution >= 4 is 5.65 Å². The van der Waals surface area contributed by atoms with Crippen molar-refractivity contribution < 1.29 is 13.2 Å². The highest BCUT2D eigenvalue weighted by atomic mass is 19.4. The summed E-state index contributed by atoms with van der Waals surface area (Å²) >= 11 is 0. The van der Waals surface area contributed by atoms with E-state index in [1.165, 1.54) is 13.1 Å². The molecule has 0 atom stereocenters. The minimum absolute atomic E-state index is 0.0947. The lowest BCUT2D eigenvalue weighted by atomic mass is 10.3. The zero-order valence-electron chi connectivity index (χ0n) is 7.08. The summed E-state index contributed by atoms with van der Waals surface area (Å²) in [6.07, 6.45) is -3.26. The van der Waals surface area contributed by atoms with Crippen LogP contribution in [0.25, 0.3) is 5.65 Å². The number of rotatable bonds is 0. The van der Waals surface area contributed by atoms with Gasteiger partial charge >= 0.3 is 6.18 Å². The third-order valence-electron chi connectivity index (χ3n) is 1.69. The van der Waals surface area contributed by atoms with Crippen LogP contribution in [0, 0.1) is 6.92 Å². The Morgan fingerprint density at radius 3 is 2.71 bits per heavy atom. The second-order valence-corrected chi connectivity index (χ2v) is 2.78. The summed E-state index contributed by atoms with van der Waals surface area (Å²) in [5, 5.41) is 6.68. The normalized spacial score (nSPS) is 12.3. The third kappa shape index (κ3) is 1.30. The van der Waals surface area contributed by atoms with Crippen LogP contribution in [0.15, 0.2) is 12.3 Å². The summed E-state index contributed by atoms with van der Waals surface area (Å²) in [5.41, 5.74) is -0.484. The first-order valence-electron chi connectivity index (χ1n) is 3.74. The van der Waals surface area contributed by atoms with E-state index < -0.39 is 11.9 Å². The van der Waals surface area contributed by atoms with E-state index in [4.69, 9.17) is 0 Å². The van der Waals surface area contributed by atoms with Crippen LogP contribution in [-0.4, -0.2) is 19.8 Å². The molecule has 0 fully saturated rings. The molecule has 7 heteroatoms. The largest absolute Gasteiger partial charge is 0.433 e. The molecule has 2 aromatic rings. The minimum atomic E-state index is -4.44. The average Bonchev–Trinajstić information content (AvgIpc) is 2.47. The monoisotopic (exact) mass is 202 g/mol. The van der Waals surface area contributed by atoms with Crippen LogP contribution >= 0.6 is 0 Å². The van der Waals surface area contributed by atoms with Crippen molar-refractivity contribution in [3.05, 3.63) is 23.7 Å². The van der Waals surface area contributed by atoms with Crippen molar-refractivity contribution in [1.29, 1.82) is 0 Å². The first-order chi connectivity index (χ1) is 6.48. The molecular formula is C7H5F3N4. The Labute approximate surface area is 76.4 Å². The summed E-state index contributed by atoms with van der Waals surface area (Å²) in [6, 6.07) is 0.932. The van der Waals surface area contributed by atoms with Gasteiger partial charge in [-0.15, -0.1) is 5.10 Å². The molecule has 0 bridgehead atoms. The Balaban J connectivity index is 2.80. The Hall–Kier alpha value is -1.66. The smallest absolute Gasteiger partial charge is 0.232 e. The van der Waals surface area contributed by atoms with E-state index in [9.17, 15) is 13.2 Å². The van der Waals surface area contributed by atoms with Gasteiger partial charge in [-0.2, -0.15) is 17.7 Å². The van der Waals surface area contributed by atoms with Gasteiger partial charge in [-0.05, 0) is 13.0 Å². The molecule has 0 N–H and O–H groups in total. The maximum atomic E-state index is 12.5. The zero-order valence-corrected chi connectivity index (χ0v) is 7.08. The first-order valence-corrected chi connectivity index (χ1v) is 3.74. The molecule has 4 nitrogen and oxygen atoms in total. The van der Waals surface area contributed by atoms with E-state index in [1.54, 1.807) is 0 Å². The van der Waals surface area contributed by atoms with Gasteiger partial charge in [-0.25, -0.2) is 4.98 Å². The molecule has 2 aromatic heterocycles.